The second kappa shape index (κ2) is 9.93. The van der Waals surface area contributed by atoms with Crippen molar-refractivity contribution in [2.45, 2.75) is 13.5 Å². The van der Waals surface area contributed by atoms with Crippen LogP contribution in [0.1, 0.15) is 11.3 Å². The summed E-state index contributed by atoms with van der Waals surface area (Å²) in [7, 11) is 0. The van der Waals surface area contributed by atoms with E-state index >= 15 is 0 Å². The largest absolute Gasteiger partial charge is 0.360 e. The van der Waals surface area contributed by atoms with Crippen LogP contribution in [0.4, 0.5) is 5.82 Å². The van der Waals surface area contributed by atoms with Crippen LogP contribution in [0.15, 0.2) is 47.1 Å². The van der Waals surface area contributed by atoms with Gasteiger partial charge >= 0.3 is 0 Å². The number of benzene rings is 1. The molecule has 0 spiro atoms. The molecule has 1 fully saturated rings. The Hall–Kier alpha value is -2.91. The minimum absolute atomic E-state index is 0.0709. The topological polar surface area (TPSA) is 91.6 Å². The Balaban J connectivity index is 1.19. The van der Waals surface area contributed by atoms with Gasteiger partial charge in [0, 0.05) is 50.4 Å². The molecule has 3 heterocycles. The molecule has 1 N–H and O–H groups in total. The zero-order chi connectivity index (χ0) is 21.6. The predicted molar refractivity (Wildman–Crippen MR) is 121 cm³/mol. The summed E-state index contributed by atoms with van der Waals surface area (Å²) in [6.07, 6.45) is 1.83. The molecule has 9 heteroatoms. The van der Waals surface area contributed by atoms with E-state index in [2.05, 4.69) is 44.6 Å². The fraction of sp³-hybridized carbons (Fsp3) is 0.364. The normalized spacial score (nSPS) is 14.7. The number of pyridine rings is 1. The highest BCUT2D eigenvalue weighted by Crippen LogP contribution is 2.18. The van der Waals surface area contributed by atoms with Crippen molar-refractivity contribution in [3.63, 3.8) is 0 Å². The molecular formula is C22H25N5O3S. The average Bonchev–Trinajstić information content (AvgIpc) is 3.19. The second-order valence-electron chi connectivity index (χ2n) is 7.51. The van der Waals surface area contributed by atoms with E-state index < -0.39 is 0 Å². The maximum atomic E-state index is 12.5. The molecule has 1 aromatic carbocycles. The van der Waals surface area contributed by atoms with Gasteiger partial charge < -0.3 is 14.7 Å². The minimum Gasteiger partial charge on any atom is -0.360 e. The molecule has 0 saturated carbocycles. The molecule has 162 valence electrons. The van der Waals surface area contributed by atoms with Crippen molar-refractivity contribution in [2.75, 3.05) is 43.0 Å². The number of nitrogens with zero attached hydrogens (tertiary/aromatic N) is 4. The molecule has 31 heavy (non-hydrogen) atoms. The van der Waals surface area contributed by atoms with E-state index in [4.69, 9.17) is 4.52 Å². The molecule has 0 aliphatic carbocycles. The number of hydrogen-bond donors (Lipinski definition) is 1. The number of amides is 2. The zero-order valence-electron chi connectivity index (χ0n) is 17.4. The van der Waals surface area contributed by atoms with Crippen molar-refractivity contribution >= 4 is 40.3 Å². The van der Waals surface area contributed by atoms with Gasteiger partial charge in [0.1, 0.15) is 5.76 Å². The minimum atomic E-state index is -0.195. The predicted octanol–water partition coefficient (Wildman–Crippen LogP) is 2.55. The number of aryl methyl sites for hydroxylation is 1. The van der Waals surface area contributed by atoms with Crippen molar-refractivity contribution < 1.29 is 14.1 Å². The number of hydrogen-bond acceptors (Lipinski definition) is 7. The van der Waals surface area contributed by atoms with Gasteiger partial charge in [-0.2, -0.15) is 0 Å². The van der Waals surface area contributed by atoms with E-state index in [0.29, 0.717) is 30.4 Å². The van der Waals surface area contributed by atoms with Crippen LogP contribution in [0.3, 0.4) is 0 Å². The summed E-state index contributed by atoms with van der Waals surface area (Å²) in [5, 5.41) is 7.53. The van der Waals surface area contributed by atoms with Gasteiger partial charge in [-0.25, -0.2) is 0 Å². The number of aromatic nitrogens is 2. The van der Waals surface area contributed by atoms with Gasteiger partial charge in [0.15, 0.2) is 5.82 Å². The van der Waals surface area contributed by atoms with Crippen LogP contribution in [-0.4, -0.2) is 69.4 Å². The molecule has 0 atom stereocenters. The second-order valence-corrected chi connectivity index (χ2v) is 8.50. The van der Waals surface area contributed by atoms with Crippen LogP contribution in [0.5, 0.6) is 0 Å². The van der Waals surface area contributed by atoms with E-state index in [1.54, 1.807) is 13.0 Å². The van der Waals surface area contributed by atoms with Crippen LogP contribution >= 0.6 is 11.8 Å². The number of carbonyl (C=O) groups is 2. The van der Waals surface area contributed by atoms with Crippen molar-refractivity contribution in [3.8, 4) is 0 Å². The smallest absolute Gasteiger partial charge is 0.235 e. The fourth-order valence-corrected chi connectivity index (χ4v) is 4.33. The summed E-state index contributed by atoms with van der Waals surface area (Å²) in [4.78, 5) is 33.2. The molecule has 4 rings (SSSR count). The van der Waals surface area contributed by atoms with Gasteiger partial charge in [0.2, 0.25) is 11.8 Å². The highest BCUT2D eigenvalue weighted by atomic mass is 32.2. The quantitative estimate of drug-likeness (QED) is 0.605. The summed E-state index contributed by atoms with van der Waals surface area (Å²) in [5.41, 5.74) is 2.25. The summed E-state index contributed by atoms with van der Waals surface area (Å²) in [6, 6.07) is 11.9. The Labute approximate surface area is 185 Å². The van der Waals surface area contributed by atoms with E-state index in [1.807, 2.05) is 17.2 Å². The lowest BCUT2D eigenvalue weighted by molar-refractivity contribution is -0.130. The van der Waals surface area contributed by atoms with Crippen LogP contribution < -0.4 is 5.32 Å². The first-order chi connectivity index (χ1) is 15.1. The third-order valence-electron chi connectivity index (χ3n) is 5.19. The monoisotopic (exact) mass is 439 g/mol. The summed E-state index contributed by atoms with van der Waals surface area (Å²) in [5.74, 6) is 1.40. The van der Waals surface area contributed by atoms with Gasteiger partial charge in [0.05, 0.1) is 17.0 Å². The number of nitrogens with one attached hydrogen (secondary N) is 1. The molecule has 8 nitrogen and oxygen atoms in total. The first-order valence-electron chi connectivity index (χ1n) is 10.2. The number of para-hydroxylation sites is 1. The number of piperazine rings is 1. The third-order valence-corrected chi connectivity index (χ3v) is 6.11. The van der Waals surface area contributed by atoms with Gasteiger partial charge in [-0.3, -0.25) is 19.5 Å². The van der Waals surface area contributed by atoms with Crippen LogP contribution in [-0.2, 0) is 16.1 Å². The Morgan fingerprint density at radius 3 is 2.71 bits per heavy atom. The maximum absolute atomic E-state index is 12.5. The molecule has 0 unspecified atom stereocenters. The maximum Gasteiger partial charge on any atom is 0.235 e. The fourth-order valence-electron chi connectivity index (χ4n) is 3.62. The third kappa shape index (κ3) is 5.62. The van der Waals surface area contributed by atoms with E-state index in [-0.39, 0.29) is 17.6 Å². The lowest BCUT2D eigenvalue weighted by Crippen LogP contribution is -2.48. The van der Waals surface area contributed by atoms with Gasteiger partial charge in [-0.05, 0) is 18.6 Å². The highest BCUT2D eigenvalue weighted by molar-refractivity contribution is 8.00. The number of thioether (sulfide) groups is 1. The van der Waals surface area contributed by atoms with Gasteiger partial charge in [0.25, 0.3) is 0 Å². The molecule has 1 aliphatic rings. The molecule has 2 aromatic heterocycles. The van der Waals surface area contributed by atoms with E-state index in [9.17, 15) is 9.59 Å². The van der Waals surface area contributed by atoms with Crippen LogP contribution in [0, 0.1) is 6.92 Å². The molecular weight excluding hydrogens is 414 g/mol. The van der Waals surface area contributed by atoms with E-state index in [0.717, 1.165) is 30.5 Å². The van der Waals surface area contributed by atoms with Crippen LogP contribution in [0.2, 0.25) is 0 Å². The molecule has 3 aromatic rings. The zero-order valence-corrected chi connectivity index (χ0v) is 18.2. The summed E-state index contributed by atoms with van der Waals surface area (Å²) < 4.78 is 4.91. The Morgan fingerprint density at radius 2 is 1.94 bits per heavy atom. The lowest BCUT2D eigenvalue weighted by Gasteiger charge is -2.34. The van der Waals surface area contributed by atoms with Crippen molar-refractivity contribution in [2.24, 2.45) is 0 Å². The number of rotatable bonds is 7. The Bertz CT molecular complexity index is 1060. The standard InChI is InChI=1S/C22H25N5O3S/c1-16-12-19(25-30-16)24-20(28)14-31-15-21(29)27-10-8-26(9-11-27)13-18-5-2-4-17-6-3-7-23-22(17)18/h2-7,12H,8-11,13-15H2,1H3,(H,24,25,28). The molecule has 0 radical (unpaired) electrons. The molecule has 2 amide bonds. The molecule has 1 saturated heterocycles. The number of carbonyl (C=O) groups excluding carboxylic acids is 2. The lowest BCUT2D eigenvalue weighted by atomic mass is 10.1. The van der Waals surface area contributed by atoms with E-state index in [1.165, 1.54) is 17.3 Å². The summed E-state index contributed by atoms with van der Waals surface area (Å²) >= 11 is 1.31. The van der Waals surface area contributed by atoms with Crippen LogP contribution in [0.25, 0.3) is 10.9 Å². The van der Waals surface area contributed by atoms with Gasteiger partial charge in [-0.1, -0.05) is 29.4 Å². The Kier molecular flexibility index (Phi) is 6.83. The number of anilines is 1. The Morgan fingerprint density at radius 1 is 1.13 bits per heavy atom. The van der Waals surface area contributed by atoms with Crippen molar-refractivity contribution in [3.05, 3.63) is 53.9 Å². The van der Waals surface area contributed by atoms with Gasteiger partial charge in [-0.15, -0.1) is 11.8 Å². The number of fused-ring (bicyclic) bond motifs is 1. The molecule has 0 bridgehead atoms. The SMILES string of the molecule is Cc1cc(NC(=O)CSCC(=O)N2CCN(Cc3cccc4cccnc34)CC2)no1. The summed E-state index contributed by atoms with van der Waals surface area (Å²) in [6.45, 7) is 5.63. The first-order valence-corrected chi connectivity index (χ1v) is 11.4. The highest BCUT2D eigenvalue weighted by Gasteiger charge is 2.22. The molecule has 1 aliphatic heterocycles. The van der Waals surface area contributed by atoms with Crippen molar-refractivity contribution in [1.82, 2.24) is 19.9 Å². The van der Waals surface area contributed by atoms with Crippen molar-refractivity contribution in [1.29, 1.82) is 0 Å². The average molecular weight is 440 g/mol. The first kappa shape index (κ1) is 21.3.